The molecule has 0 spiro atoms. The van der Waals surface area contributed by atoms with Crippen molar-refractivity contribution in [1.29, 1.82) is 0 Å². The Morgan fingerprint density at radius 1 is 1.02 bits per heavy atom. The first-order chi connectivity index (χ1) is 19.2. The van der Waals surface area contributed by atoms with Gasteiger partial charge in [0.05, 0.1) is 29.2 Å². The first-order valence-electron chi connectivity index (χ1n) is 12.2. The molecule has 2 N–H and O–H groups in total. The first kappa shape index (κ1) is 28.4. The zero-order chi connectivity index (χ0) is 28.8. The van der Waals surface area contributed by atoms with Crippen LogP contribution in [0.1, 0.15) is 22.4 Å². The highest BCUT2D eigenvalue weighted by Gasteiger charge is 2.21. The third-order valence-corrected chi connectivity index (χ3v) is 6.72. The van der Waals surface area contributed by atoms with Crippen LogP contribution in [0.2, 0.25) is 0 Å². The smallest absolute Gasteiger partial charge is 0.329 e. The lowest BCUT2D eigenvalue weighted by atomic mass is 10.2. The summed E-state index contributed by atoms with van der Waals surface area (Å²) in [6, 6.07) is 20.4. The van der Waals surface area contributed by atoms with Gasteiger partial charge >= 0.3 is 11.8 Å². The molecular formula is C29H28BrN5O5. The Balaban J connectivity index is 1.41. The van der Waals surface area contributed by atoms with Crippen molar-refractivity contribution in [1.82, 2.24) is 14.8 Å². The van der Waals surface area contributed by atoms with E-state index >= 15 is 0 Å². The van der Waals surface area contributed by atoms with Crippen LogP contribution in [0.4, 0.5) is 5.69 Å². The lowest BCUT2D eigenvalue weighted by molar-refractivity contribution is -0.136. The van der Waals surface area contributed by atoms with Crippen LogP contribution in [0.25, 0.3) is 5.69 Å². The van der Waals surface area contributed by atoms with Crippen LogP contribution in [0, 0.1) is 13.8 Å². The molecule has 206 valence electrons. The number of para-hydroxylation sites is 1. The maximum atomic E-state index is 13.0. The zero-order valence-corrected chi connectivity index (χ0v) is 24.0. The van der Waals surface area contributed by atoms with E-state index in [0.717, 1.165) is 11.1 Å². The minimum atomic E-state index is -1.03. The second-order valence-electron chi connectivity index (χ2n) is 8.90. The van der Waals surface area contributed by atoms with E-state index in [0.29, 0.717) is 39.5 Å². The van der Waals surface area contributed by atoms with E-state index in [1.54, 1.807) is 55.1 Å². The maximum Gasteiger partial charge on any atom is 0.329 e. The molecule has 3 aromatic carbocycles. The van der Waals surface area contributed by atoms with E-state index in [2.05, 4.69) is 31.8 Å². The molecule has 0 atom stereocenters. The molecule has 1 aromatic heterocycles. The summed E-state index contributed by atoms with van der Waals surface area (Å²) in [5, 5.41) is 6.28. The van der Waals surface area contributed by atoms with Gasteiger partial charge in [0.15, 0.2) is 11.5 Å². The van der Waals surface area contributed by atoms with Gasteiger partial charge in [-0.1, -0.05) is 48.0 Å². The van der Waals surface area contributed by atoms with Gasteiger partial charge in [0, 0.05) is 7.05 Å². The number of rotatable bonds is 8. The highest BCUT2D eigenvalue weighted by atomic mass is 79.9. The minimum Gasteiger partial charge on any atom is -0.493 e. The Bertz CT molecular complexity index is 1630. The van der Waals surface area contributed by atoms with Crippen LogP contribution < -0.4 is 25.8 Å². The van der Waals surface area contributed by atoms with Crippen LogP contribution in [0.3, 0.4) is 0 Å². The molecule has 40 heavy (non-hydrogen) atoms. The van der Waals surface area contributed by atoms with E-state index in [9.17, 15) is 14.4 Å². The van der Waals surface area contributed by atoms with Crippen molar-refractivity contribution in [2.45, 2.75) is 20.5 Å². The van der Waals surface area contributed by atoms with Crippen molar-refractivity contribution >= 4 is 39.6 Å². The van der Waals surface area contributed by atoms with Crippen molar-refractivity contribution in [2.24, 2.45) is 12.1 Å². The number of carbonyl (C=O) groups excluding carboxylic acids is 2. The molecule has 0 aliphatic rings. The molecule has 0 unspecified atom stereocenters. The van der Waals surface area contributed by atoms with Gasteiger partial charge in [-0.2, -0.15) is 5.10 Å². The van der Waals surface area contributed by atoms with Gasteiger partial charge in [0.1, 0.15) is 12.3 Å². The molecule has 10 nitrogen and oxygen atoms in total. The number of anilines is 1. The van der Waals surface area contributed by atoms with Crippen LogP contribution >= 0.6 is 15.9 Å². The third-order valence-electron chi connectivity index (χ3n) is 6.13. The summed E-state index contributed by atoms with van der Waals surface area (Å²) in [5.74, 6) is -1.08. The van der Waals surface area contributed by atoms with Crippen molar-refractivity contribution < 1.29 is 19.1 Å². The van der Waals surface area contributed by atoms with E-state index in [4.69, 9.17) is 9.47 Å². The molecule has 0 fully saturated rings. The predicted molar refractivity (Wildman–Crippen MR) is 156 cm³/mol. The average molecular weight is 606 g/mol. The first-order valence-corrected chi connectivity index (χ1v) is 13.0. The molecule has 4 aromatic rings. The Morgan fingerprint density at radius 3 is 2.40 bits per heavy atom. The number of nitrogens with zero attached hydrogens (tertiary/aromatic N) is 3. The Hall–Kier alpha value is -4.64. The second-order valence-corrected chi connectivity index (χ2v) is 9.75. The molecule has 0 bridgehead atoms. The van der Waals surface area contributed by atoms with Gasteiger partial charge in [-0.15, -0.1) is 0 Å². The monoisotopic (exact) mass is 605 g/mol. The molecule has 4 rings (SSSR count). The van der Waals surface area contributed by atoms with Crippen molar-refractivity contribution in [3.05, 3.63) is 104 Å². The van der Waals surface area contributed by atoms with E-state index in [1.165, 1.54) is 18.0 Å². The van der Waals surface area contributed by atoms with Crippen molar-refractivity contribution in [3.63, 3.8) is 0 Å². The minimum absolute atomic E-state index is 0.00498. The fraction of sp³-hybridized carbons (Fsp3) is 0.172. The Morgan fingerprint density at radius 2 is 1.73 bits per heavy atom. The summed E-state index contributed by atoms with van der Waals surface area (Å²) in [5.41, 5.74) is 5.59. The predicted octanol–water partition coefficient (Wildman–Crippen LogP) is 4.23. The highest BCUT2D eigenvalue weighted by Crippen LogP contribution is 2.36. The van der Waals surface area contributed by atoms with Crippen LogP contribution in [-0.4, -0.2) is 34.5 Å². The molecule has 0 aliphatic carbocycles. The molecule has 1 heterocycles. The SMILES string of the molecule is COc1cc(/C=N/NC(=O)C(=O)Nc2c(C)n(C)n(-c3ccccc3)c2=O)cc(Br)c1OCc1ccc(C)cc1. The number of hydrogen-bond acceptors (Lipinski definition) is 6. The van der Waals surface area contributed by atoms with Crippen LogP contribution in [0.5, 0.6) is 11.5 Å². The molecular weight excluding hydrogens is 578 g/mol. The van der Waals surface area contributed by atoms with Crippen LogP contribution in [0.15, 0.2) is 81.1 Å². The maximum absolute atomic E-state index is 13.0. The van der Waals surface area contributed by atoms with Gasteiger partial charge in [-0.25, -0.2) is 10.1 Å². The van der Waals surface area contributed by atoms with E-state index in [1.807, 2.05) is 37.3 Å². The van der Waals surface area contributed by atoms with Crippen molar-refractivity contribution in [3.8, 4) is 17.2 Å². The summed E-state index contributed by atoms with van der Waals surface area (Å²) in [6.07, 6.45) is 1.36. The van der Waals surface area contributed by atoms with Crippen molar-refractivity contribution in [2.75, 3.05) is 12.4 Å². The summed E-state index contributed by atoms with van der Waals surface area (Å²) < 4.78 is 15.1. The highest BCUT2D eigenvalue weighted by molar-refractivity contribution is 9.10. The number of hydrazone groups is 1. The fourth-order valence-electron chi connectivity index (χ4n) is 3.89. The largest absolute Gasteiger partial charge is 0.493 e. The van der Waals surface area contributed by atoms with Gasteiger partial charge in [-0.05, 0) is 65.2 Å². The third kappa shape index (κ3) is 6.32. The second kappa shape index (κ2) is 12.5. The summed E-state index contributed by atoms with van der Waals surface area (Å²) in [7, 11) is 3.21. The number of carbonyl (C=O) groups is 2. The molecule has 0 aliphatic heterocycles. The quantitative estimate of drug-likeness (QED) is 0.177. The number of benzene rings is 3. The lowest BCUT2D eigenvalue weighted by Gasteiger charge is -2.13. The number of nitrogens with one attached hydrogen (secondary N) is 2. The number of aryl methyl sites for hydroxylation is 1. The van der Waals surface area contributed by atoms with Gasteiger partial charge in [-0.3, -0.25) is 19.1 Å². The number of ether oxygens (including phenoxy) is 2. The van der Waals surface area contributed by atoms with Crippen LogP contribution in [-0.2, 0) is 23.2 Å². The van der Waals surface area contributed by atoms with Gasteiger partial charge in [0.25, 0.3) is 5.56 Å². The molecule has 11 heteroatoms. The standard InChI is InChI=1S/C29H28BrN5O5/c1-18-10-12-20(13-11-18)17-40-26-23(30)14-21(15-24(26)39-4)16-31-33-28(37)27(36)32-25-19(2)34(3)35(29(25)38)22-8-6-5-7-9-22/h5-16H,17H2,1-4H3,(H,32,36)(H,33,37)/b31-16+. The number of halogens is 1. The zero-order valence-electron chi connectivity index (χ0n) is 22.4. The summed E-state index contributed by atoms with van der Waals surface area (Å²) >= 11 is 3.49. The van der Waals surface area contributed by atoms with Gasteiger partial charge < -0.3 is 14.8 Å². The molecule has 0 saturated carbocycles. The summed E-state index contributed by atoms with van der Waals surface area (Å²) in [4.78, 5) is 37.9. The van der Waals surface area contributed by atoms with E-state index < -0.39 is 17.4 Å². The number of aromatic nitrogens is 2. The number of methoxy groups -OCH3 is 1. The number of amides is 2. The lowest BCUT2D eigenvalue weighted by Crippen LogP contribution is -2.34. The Kier molecular flexibility index (Phi) is 8.85. The molecule has 2 amide bonds. The van der Waals surface area contributed by atoms with E-state index in [-0.39, 0.29) is 5.69 Å². The fourth-order valence-corrected chi connectivity index (χ4v) is 4.47. The Labute approximate surface area is 239 Å². The topological polar surface area (TPSA) is 116 Å². The average Bonchev–Trinajstić information content (AvgIpc) is 3.16. The molecule has 0 saturated heterocycles. The summed E-state index contributed by atoms with van der Waals surface area (Å²) in [6.45, 7) is 4.05. The normalized spacial score (nSPS) is 10.9. The molecule has 0 radical (unpaired) electrons. The number of hydrogen-bond donors (Lipinski definition) is 2. The van der Waals surface area contributed by atoms with Gasteiger partial charge in [0.2, 0.25) is 0 Å².